The first kappa shape index (κ1) is 16.7. The fourth-order valence-corrected chi connectivity index (χ4v) is 4.12. The van der Waals surface area contributed by atoms with Crippen LogP contribution in [0.25, 0.3) is 0 Å². The van der Waals surface area contributed by atoms with Gasteiger partial charge in [-0.25, -0.2) is 0 Å². The minimum Gasteiger partial charge on any atom is -0.454 e. The van der Waals surface area contributed by atoms with Crippen LogP contribution >= 0.6 is 0 Å². The van der Waals surface area contributed by atoms with Crippen molar-refractivity contribution in [2.45, 2.75) is 44.8 Å². The van der Waals surface area contributed by atoms with Crippen molar-refractivity contribution in [1.82, 2.24) is 15.1 Å². The molecule has 3 heterocycles. The monoisotopic (exact) mass is 345 g/mol. The summed E-state index contributed by atoms with van der Waals surface area (Å²) >= 11 is 0. The second-order valence-electron chi connectivity index (χ2n) is 7.39. The lowest BCUT2D eigenvalue weighted by molar-refractivity contribution is -0.124. The van der Waals surface area contributed by atoms with Crippen LogP contribution in [0.3, 0.4) is 0 Å². The molecule has 0 aromatic heterocycles. The van der Waals surface area contributed by atoms with Gasteiger partial charge in [-0.05, 0) is 44.0 Å². The molecule has 1 aromatic rings. The number of piperazine rings is 1. The molecule has 2 fully saturated rings. The molecule has 0 spiro atoms. The van der Waals surface area contributed by atoms with Crippen LogP contribution < -0.4 is 14.8 Å². The highest BCUT2D eigenvalue weighted by Gasteiger charge is 2.33. The van der Waals surface area contributed by atoms with E-state index in [0.717, 1.165) is 30.2 Å². The molecule has 1 N–H and O–H groups in total. The molecule has 136 valence electrons. The number of rotatable bonds is 4. The zero-order chi connectivity index (χ0) is 17.2. The van der Waals surface area contributed by atoms with E-state index in [4.69, 9.17) is 9.47 Å². The Kier molecular flexibility index (Phi) is 4.81. The van der Waals surface area contributed by atoms with Gasteiger partial charge in [0.1, 0.15) is 0 Å². The van der Waals surface area contributed by atoms with Gasteiger partial charge in [0.15, 0.2) is 11.5 Å². The Balaban J connectivity index is 1.28. The Hall–Kier alpha value is -1.79. The quantitative estimate of drug-likeness (QED) is 0.898. The third kappa shape index (κ3) is 3.75. The van der Waals surface area contributed by atoms with Crippen molar-refractivity contribution in [3.63, 3.8) is 0 Å². The Morgan fingerprint density at radius 1 is 1.24 bits per heavy atom. The van der Waals surface area contributed by atoms with E-state index < -0.39 is 0 Å². The molecule has 6 nitrogen and oxygen atoms in total. The molecular weight excluding hydrogens is 318 g/mol. The molecule has 25 heavy (non-hydrogen) atoms. The summed E-state index contributed by atoms with van der Waals surface area (Å²) in [5.41, 5.74) is 1.03. The highest BCUT2D eigenvalue weighted by molar-refractivity contribution is 5.78. The fourth-order valence-electron chi connectivity index (χ4n) is 4.12. The predicted octanol–water partition coefficient (Wildman–Crippen LogP) is 1.59. The molecule has 2 atom stereocenters. The molecule has 1 amide bonds. The minimum atomic E-state index is 0.0915. The average molecular weight is 345 g/mol. The number of ether oxygens (including phenoxy) is 2. The molecule has 4 rings (SSSR count). The summed E-state index contributed by atoms with van der Waals surface area (Å²) in [6, 6.07) is 6.87. The molecule has 0 radical (unpaired) electrons. The number of hydrogen-bond donors (Lipinski definition) is 1. The van der Waals surface area contributed by atoms with Crippen molar-refractivity contribution in [3.05, 3.63) is 23.8 Å². The van der Waals surface area contributed by atoms with E-state index in [0.29, 0.717) is 25.2 Å². The lowest BCUT2D eigenvalue weighted by Gasteiger charge is -2.47. The summed E-state index contributed by atoms with van der Waals surface area (Å²) < 4.78 is 10.7. The third-order valence-corrected chi connectivity index (χ3v) is 5.59. The lowest BCUT2D eigenvalue weighted by atomic mass is 9.97. The van der Waals surface area contributed by atoms with Crippen LogP contribution in [0.2, 0.25) is 0 Å². The van der Waals surface area contributed by atoms with Gasteiger partial charge in [0.2, 0.25) is 12.7 Å². The number of benzene rings is 1. The highest BCUT2D eigenvalue weighted by atomic mass is 16.7. The summed E-state index contributed by atoms with van der Waals surface area (Å²) in [5.74, 6) is 1.62. The van der Waals surface area contributed by atoms with Crippen LogP contribution in [0.5, 0.6) is 11.5 Å². The van der Waals surface area contributed by atoms with Crippen LogP contribution in [0, 0.1) is 0 Å². The van der Waals surface area contributed by atoms with Gasteiger partial charge in [-0.1, -0.05) is 12.5 Å². The van der Waals surface area contributed by atoms with E-state index >= 15 is 0 Å². The Morgan fingerprint density at radius 2 is 2.12 bits per heavy atom. The number of nitrogens with one attached hydrogen (secondary N) is 1. The topological polar surface area (TPSA) is 54.0 Å². The summed E-state index contributed by atoms with van der Waals surface area (Å²) in [5, 5.41) is 3.04. The highest BCUT2D eigenvalue weighted by Crippen LogP contribution is 2.32. The SMILES string of the molecule is CC1CN2CCCCC2CN1CC(=O)NCc1ccc2c(c1)OCO2. The largest absolute Gasteiger partial charge is 0.454 e. The van der Waals surface area contributed by atoms with E-state index in [1.807, 2.05) is 18.2 Å². The van der Waals surface area contributed by atoms with Crippen molar-refractivity contribution < 1.29 is 14.3 Å². The van der Waals surface area contributed by atoms with Crippen molar-refractivity contribution in [1.29, 1.82) is 0 Å². The van der Waals surface area contributed by atoms with Crippen molar-refractivity contribution in [3.8, 4) is 11.5 Å². The molecule has 0 aliphatic carbocycles. The normalized spacial score (nSPS) is 26.3. The van der Waals surface area contributed by atoms with Gasteiger partial charge in [-0.15, -0.1) is 0 Å². The zero-order valence-electron chi connectivity index (χ0n) is 14.9. The second-order valence-corrected chi connectivity index (χ2v) is 7.39. The smallest absolute Gasteiger partial charge is 0.234 e. The first-order chi connectivity index (χ1) is 12.2. The number of amides is 1. The molecule has 0 saturated carbocycles. The van der Waals surface area contributed by atoms with Gasteiger partial charge >= 0.3 is 0 Å². The average Bonchev–Trinajstić information content (AvgIpc) is 3.08. The van der Waals surface area contributed by atoms with Gasteiger partial charge < -0.3 is 14.8 Å². The summed E-state index contributed by atoms with van der Waals surface area (Å²) in [6.45, 7) is 6.83. The van der Waals surface area contributed by atoms with Crippen LogP contribution in [-0.2, 0) is 11.3 Å². The first-order valence-corrected chi connectivity index (χ1v) is 9.32. The number of hydrogen-bond acceptors (Lipinski definition) is 5. The first-order valence-electron chi connectivity index (χ1n) is 9.32. The van der Waals surface area contributed by atoms with Gasteiger partial charge in [0.05, 0.1) is 6.54 Å². The van der Waals surface area contributed by atoms with Crippen molar-refractivity contribution in [2.75, 3.05) is 33.0 Å². The number of nitrogens with zero attached hydrogens (tertiary/aromatic N) is 2. The van der Waals surface area contributed by atoms with E-state index in [2.05, 4.69) is 22.0 Å². The number of fused-ring (bicyclic) bond motifs is 2. The molecule has 1 aromatic carbocycles. The van der Waals surface area contributed by atoms with E-state index in [-0.39, 0.29) is 12.7 Å². The maximum absolute atomic E-state index is 12.4. The van der Waals surface area contributed by atoms with E-state index in [1.54, 1.807) is 0 Å². The van der Waals surface area contributed by atoms with Crippen molar-refractivity contribution in [2.24, 2.45) is 0 Å². The molecule has 2 saturated heterocycles. The van der Waals surface area contributed by atoms with Crippen LogP contribution in [0.4, 0.5) is 0 Å². The molecule has 6 heteroatoms. The number of carbonyl (C=O) groups is 1. The Bertz CT molecular complexity index is 636. The van der Waals surface area contributed by atoms with E-state index in [9.17, 15) is 4.79 Å². The fraction of sp³-hybridized carbons (Fsp3) is 0.632. The lowest BCUT2D eigenvalue weighted by Crippen LogP contribution is -2.60. The van der Waals surface area contributed by atoms with Gasteiger partial charge in [-0.3, -0.25) is 14.6 Å². The van der Waals surface area contributed by atoms with Gasteiger partial charge in [0.25, 0.3) is 0 Å². The summed E-state index contributed by atoms with van der Waals surface area (Å²) in [7, 11) is 0. The minimum absolute atomic E-state index is 0.0915. The van der Waals surface area contributed by atoms with Crippen molar-refractivity contribution >= 4 is 5.91 Å². The molecule has 2 unspecified atom stereocenters. The standard InChI is InChI=1S/C19H27N3O3/c1-14-10-21-7-3-2-4-16(21)11-22(14)12-19(23)20-9-15-5-6-17-18(8-15)25-13-24-17/h5-6,8,14,16H,2-4,7,9-13H2,1H3,(H,20,23). The van der Waals surface area contributed by atoms with Gasteiger partial charge in [-0.2, -0.15) is 0 Å². The molecular formula is C19H27N3O3. The third-order valence-electron chi connectivity index (χ3n) is 5.59. The van der Waals surface area contributed by atoms with E-state index in [1.165, 1.54) is 25.8 Å². The maximum atomic E-state index is 12.4. The number of piperidine rings is 1. The Labute approximate surface area is 149 Å². The molecule has 0 bridgehead atoms. The predicted molar refractivity (Wildman–Crippen MR) is 94.7 cm³/mol. The Morgan fingerprint density at radius 3 is 3.04 bits per heavy atom. The van der Waals surface area contributed by atoms with Crippen LogP contribution in [0.1, 0.15) is 31.7 Å². The molecule has 3 aliphatic rings. The zero-order valence-corrected chi connectivity index (χ0v) is 14.9. The van der Waals surface area contributed by atoms with Crippen LogP contribution in [0.15, 0.2) is 18.2 Å². The molecule has 3 aliphatic heterocycles. The maximum Gasteiger partial charge on any atom is 0.234 e. The summed E-state index contributed by atoms with van der Waals surface area (Å²) in [4.78, 5) is 17.3. The van der Waals surface area contributed by atoms with Gasteiger partial charge in [0, 0.05) is 31.7 Å². The second kappa shape index (κ2) is 7.22. The van der Waals surface area contributed by atoms with Crippen LogP contribution in [-0.4, -0.2) is 60.8 Å². The number of carbonyl (C=O) groups excluding carboxylic acids is 1. The summed E-state index contributed by atoms with van der Waals surface area (Å²) in [6.07, 6.45) is 3.90.